The zero-order valence-corrected chi connectivity index (χ0v) is 13.8. The zero-order valence-electron chi connectivity index (χ0n) is 13.0. The van der Waals surface area contributed by atoms with Crippen molar-refractivity contribution in [3.63, 3.8) is 0 Å². The molecule has 2 atom stereocenters. The molecule has 1 aliphatic rings. The Morgan fingerprint density at radius 1 is 1.04 bits per heavy atom. The van der Waals surface area contributed by atoms with Crippen LogP contribution in [0.1, 0.15) is 28.3 Å². The van der Waals surface area contributed by atoms with E-state index < -0.39 is 12.0 Å². The van der Waals surface area contributed by atoms with Crippen LogP contribution in [0.25, 0.3) is 0 Å². The van der Waals surface area contributed by atoms with E-state index in [4.69, 9.17) is 10.8 Å². The standard InChI is InChI=1S/C18H18N2O3.ClH/c19-17(21)16-15(12-4-2-1-3-5-12)10-11-20(16)14-8-6-13(7-9-14)18(22)23;/h1-9,15-16H,10-11H2,(H2,19,21)(H,22,23);1H/t15-,16-;/m0./s1. The van der Waals surface area contributed by atoms with E-state index in [0.29, 0.717) is 6.54 Å². The van der Waals surface area contributed by atoms with Crippen molar-refractivity contribution in [2.45, 2.75) is 18.4 Å². The minimum atomic E-state index is -0.966. The Kier molecular flexibility index (Phi) is 5.46. The number of primary amides is 1. The molecule has 0 aliphatic carbocycles. The lowest BCUT2D eigenvalue weighted by Crippen LogP contribution is -2.43. The highest BCUT2D eigenvalue weighted by molar-refractivity contribution is 5.89. The second-order valence-corrected chi connectivity index (χ2v) is 5.70. The van der Waals surface area contributed by atoms with Crippen molar-refractivity contribution in [3.8, 4) is 0 Å². The molecule has 1 aliphatic heterocycles. The topological polar surface area (TPSA) is 83.6 Å². The summed E-state index contributed by atoms with van der Waals surface area (Å²) in [5.41, 5.74) is 7.80. The molecule has 3 rings (SSSR count). The number of nitrogens with zero attached hydrogens (tertiary/aromatic N) is 1. The highest BCUT2D eigenvalue weighted by Gasteiger charge is 2.39. The van der Waals surface area contributed by atoms with Crippen molar-refractivity contribution >= 4 is 30.0 Å². The van der Waals surface area contributed by atoms with E-state index in [1.54, 1.807) is 24.3 Å². The fourth-order valence-electron chi connectivity index (χ4n) is 3.28. The smallest absolute Gasteiger partial charge is 0.335 e. The second kappa shape index (κ2) is 7.36. The molecule has 1 fully saturated rings. The third-order valence-electron chi connectivity index (χ3n) is 4.36. The second-order valence-electron chi connectivity index (χ2n) is 5.70. The summed E-state index contributed by atoms with van der Waals surface area (Å²) in [6, 6.07) is 16.0. The van der Waals surface area contributed by atoms with Crippen LogP contribution < -0.4 is 10.6 Å². The Morgan fingerprint density at radius 2 is 1.67 bits per heavy atom. The van der Waals surface area contributed by atoms with Crippen LogP contribution in [0.15, 0.2) is 54.6 Å². The van der Waals surface area contributed by atoms with E-state index in [1.165, 1.54) is 0 Å². The van der Waals surface area contributed by atoms with E-state index in [9.17, 15) is 9.59 Å². The van der Waals surface area contributed by atoms with Gasteiger partial charge in [-0.25, -0.2) is 4.79 Å². The molecule has 0 spiro atoms. The summed E-state index contributed by atoms with van der Waals surface area (Å²) < 4.78 is 0. The van der Waals surface area contributed by atoms with E-state index in [1.807, 2.05) is 35.2 Å². The van der Waals surface area contributed by atoms with E-state index >= 15 is 0 Å². The number of carboxylic acids is 1. The number of nitrogens with two attached hydrogens (primary N) is 1. The predicted octanol–water partition coefficient (Wildman–Crippen LogP) is 2.65. The fourth-order valence-corrected chi connectivity index (χ4v) is 3.28. The maximum Gasteiger partial charge on any atom is 0.335 e. The molecule has 24 heavy (non-hydrogen) atoms. The van der Waals surface area contributed by atoms with Crippen molar-refractivity contribution in [2.24, 2.45) is 5.73 Å². The number of aromatic carboxylic acids is 1. The summed E-state index contributed by atoms with van der Waals surface area (Å²) in [4.78, 5) is 24.9. The summed E-state index contributed by atoms with van der Waals surface area (Å²) in [6.07, 6.45) is 0.832. The van der Waals surface area contributed by atoms with Crippen molar-refractivity contribution in [2.75, 3.05) is 11.4 Å². The minimum absolute atomic E-state index is 0. The average molecular weight is 347 g/mol. The molecule has 1 amide bonds. The summed E-state index contributed by atoms with van der Waals surface area (Å²) in [7, 11) is 0. The maximum atomic E-state index is 12.0. The van der Waals surface area contributed by atoms with Crippen molar-refractivity contribution in [3.05, 3.63) is 65.7 Å². The SMILES string of the molecule is Cl.NC(=O)[C@@H]1[C@H](c2ccccc2)CCN1c1ccc(C(=O)O)cc1. The minimum Gasteiger partial charge on any atom is -0.478 e. The van der Waals surface area contributed by atoms with Gasteiger partial charge in [-0.2, -0.15) is 0 Å². The van der Waals surface area contributed by atoms with Crippen LogP contribution in [0.4, 0.5) is 5.69 Å². The third-order valence-corrected chi connectivity index (χ3v) is 4.36. The van der Waals surface area contributed by atoms with Gasteiger partial charge in [0.2, 0.25) is 5.91 Å². The molecule has 0 saturated carbocycles. The molecule has 3 N–H and O–H groups in total. The van der Waals surface area contributed by atoms with E-state index in [0.717, 1.165) is 17.7 Å². The first-order valence-corrected chi connectivity index (χ1v) is 7.52. The van der Waals surface area contributed by atoms with Crippen LogP contribution in [0.5, 0.6) is 0 Å². The first-order valence-electron chi connectivity index (χ1n) is 7.52. The quantitative estimate of drug-likeness (QED) is 0.891. The first-order chi connectivity index (χ1) is 11.1. The number of carbonyl (C=O) groups excluding carboxylic acids is 1. The molecule has 5 nitrogen and oxygen atoms in total. The van der Waals surface area contributed by atoms with Gasteiger partial charge >= 0.3 is 5.97 Å². The van der Waals surface area contributed by atoms with Gasteiger partial charge < -0.3 is 15.7 Å². The molecule has 0 aromatic heterocycles. The summed E-state index contributed by atoms with van der Waals surface area (Å²) in [6.45, 7) is 0.708. The number of anilines is 1. The third kappa shape index (κ3) is 3.36. The monoisotopic (exact) mass is 346 g/mol. The number of benzene rings is 2. The molecule has 1 heterocycles. The summed E-state index contributed by atoms with van der Waals surface area (Å²) in [5, 5.41) is 8.98. The zero-order chi connectivity index (χ0) is 16.4. The number of carbonyl (C=O) groups is 2. The normalized spacial score (nSPS) is 19.6. The van der Waals surface area contributed by atoms with Crippen LogP contribution in [-0.4, -0.2) is 29.6 Å². The Labute approximate surface area is 146 Å². The molecule has 0 radical (unpaired) electrons. The fraction of sp³-hybridized carbons (Fsp3) is 0.222. The molecule has 126 valence electrons. The Morgan fingerprint density at radius 3 is 2.21 bits per heavy atom. The number of hydrogen-bond acceptors (Lipinski definition) is 3. The predicted molar refractivity (Wildman–Crippen MR) is 94.8 cm³/mol. The van der Waals surface area contributed by atoms with E-state index in [2.05, 4.69) is 0 Å². The lowest BCUT2D eigenvalue weighted by molar-refractivity contribution is -0.119. The van der Waals surface area contributed by atoms with Crippen molar-refractivity contribution < 1.29 is 14.7 Å². The van der Waals surface area contributed by atoms with Gasteiger partial charge in [-0.05, 0) is 36.2 Å². The average Bonchev–Trinajstić information content (AvgIpc) is 3.01. The molecular formula is C18H19ClN2O3. The van der Waals surface area contributed by atoms with Gasteiger partial charge in [0.05, 0.1) is 5.56 Å². The van der Waals surface area contributed by atoms with Gasteiger partial charge in [-0.1, -0.05) is 30.3 Å². The number of amides is 1. The molecular weight excluding hydrogens is 328 g/mol. The van der Waals surface area contributed by atoms with Gasteiger partial charge in [-0.3, -0.25) is 4.79 Å². The largest absolute Gasteiger partial charge is 0.478 e. The molecule has 6 heteroatoms. The molecule has 0 bridgehead atoms. The van der Waals surface area contributed by atoms with Crippen LogP contribution >= 0.6 is 12.4 Å². The van der Waals surface area contributed by atoms with Gasteiger partial charge in [0.15, 0.2) is 0 Å². The van der Waals surface area contributed by atoms with Gasteiger partial charge in [-0.15, -0.1) is 12.4 Å². The summed E-state index contributed by atoms with van der Waals surface area (Å²) in [5.74, 6) is -1.28. The van der Waals surface area contributed by atoms with E-state index in [-0.39, 0.29) is 29.8 Å². The van der Waals surface area contributed by atoms with Crippen LogP contribution in [0.2, 0.25) is 0 Å². The lowest BCUT2D eigenvalue weighted by Gasteiger charge is -2.27. The first kappa shape index (κ1) is 17.8. The summed E-state index contributed by atoms with van der Waals surface area (Å²) >= 11 is 0. The van der Waals surface area contributed by atoms with Crippen molar-refractivity contribution in [1.29, 1.82) is 0 Å². The van der Waals surface area contributed by atoms with Gasteiger partial charge in [0.1, 0.15) is 6.04 Å². The number of carboxylic acid groups (broad SMARTS) is 1. The lowest BCUT2D eigenvalue weighted by atomic mass is 9.91. The highest BCUT2D eigenvalue weighted by Crippen LogP contribution is 2.36. The Balaban J connectivity index is 0.00000208. The number of hydrogen-bond donors (Lipinski definition) is 2. The molecule has 2 aromatic carbocycles. The van der Waals surface area contributed by atoms with Crippen LogP contribution in [0, 0.1) is 0 Å². The molecule has 0 unspecified atom stereocenters. The van der Waals surface area contributed by atoms with Crippen LogP contribution in [0.3, 0.4) is 0 Å². The number of halogens is 1. The van der Waals surface area contributed by atoms with Gasteiger partial charge in [0, 0.05) is 18.2 Å². The highest BCUT2D eigenvalue weighted by atomic mass is 35.5. The van der Waals surface area contributed by atoms with Crippen molar-refractivity contribution in [1.82, 2.24) is 0 Å². The Bertz CT molecular complexity index is 719. The molecule has 2 aromatic rings. The number of rotatable bonds is 4. The maximum absolute atomic E-state index is 12.0. The van der Waals surface area contributed by atoms with Gasteiger partial charge in [0.25, 0.3) is 0 Å². The van der Waals surface area contributed by atoms with Crippen LogP contribution in [-0.2, 0) is 4.79 Å². The Hall–Kier alpha value is -2.53. The molecule has 1 saturated heterocycles.